The van der Waals surface area contributed by atoms with Gasteiger partial charge in [-0.05, 0) is 18.6 Å². The van der Waals surface area contributed by atoms with Gasteiger partial charge in [-0.1, -0.05) is 0 Å². The normalized spacial score (nSPS) is 14.9. The second-order valence-electron chi connectivity index (χ2n) is 3.22. The van der Waals surface area contributed by atoms with Gasteiger partial charge in [0.1, 0.15) is 0 Å². The second kappa shape index (κ2) is 3.04. The Morgan fingerprint density at radius 1 is 1.36 bits per heavy atom. The third kappa shape index (κ3) is 1.18. The van der Waals surface area contributed by atoms with Crippen LogP contribution >= 0.6 is 0 Å². The van der Waals surface area contributed by atoms with Gasteiger partial charge in [0.2, 0.25) is 5.82 Å². The smallest absolute Gasteiger partial charge is 0.201 e. The van der Waals surface area contributed by atoms with Crippen molar-refractivity contribution in [1.29, 1.82) is 0 Å². The first-order valence-corrected chi connectivity index (χ1v) is 4.26. The minimum absolute atomic E-state index is 0.116. The fourth-order valence-corrected chi connectivity index (χ4v) is 1.47. The highest BCUT2D eigenvalue weighted by atomic mass is 19.2. The van der Waals surface area contributed by atoms with Crippen molar-refractivity contribution in [3.63, 3.8) is 0 Å². The summed E-state index contributed by atoms with van der Waals surface area (Å²) in [5, 5.41) is 0. The number of Topliss-reactive ketones (excluding diaryl/α,β-unsaturated/α-hetero) is 1. The Balaban J connectivity index is 2.69. The standard InChI is InChI=1S/C10H8F2O2/c1-5-4-6-7(13)2-3-14-10(6)9(12)8(5)11/h4H,2-3H2,1H3. The largest absolute Gasteiger partial charge is 0.489 e. The summed E-state index contributed by atoms with van der Waals surface area (Å²) < 4.78 is 31.3. The first-order valence-electron chi connectivity index (χ1n) is 4.26. The van der Waals surface area contributed by atoms with Gasteiger partial charge in [-0.2, -0.15) is 4.39 Å². The predicted molar refractivity (Wildman–Crippen MR) is 45.5 cm³/mol. The van der Waals surface area contributed by atoms with Crippen LogP contribution in [-0.4, -0.2) is 12.4 Å². The molecule has 0 bridgehead atoms. The number of halogens is 2. The number of hydrogen-bond donors (Lipinski definition) is 0. The van der Waals surface area contributed by atoms with E-state index in [4.69, 9.17) is 4.74 Å². The summed E-state index contributed by atoms with van der Waals surface area (Å²) in [6, 6.07) is 1.33. The van der Waals surface area contributed by atoms with E-state index in [9.17, 15) is 13.6 Å². The van der Waals surface area contributed by atoms with Crippen LogP contribution in [0.2, 0.25) is 0 Å². The molecule has 0 aliphatic carbocycles. The summed E-state index contributed by atoms with van der Waals surface area (Å²) in [5.41, 5.74) is 0.271. The molecule has 2 nitrogen and oxygen atoms in total. The van der Waals surface area contributed by atoms with Crippen LogP contribution in [0, 0.1) is 18.6 Å². The van der Waals surface area contributed by atoms with Crippen molar-refractivity contribution < 1.29 is 18.3 Å². The molecule has 1 aromatic rings. The Morgan fingerprint density at radius 3 is 2.79 bits per heavy atom. The van der Waals surface area contributed by atoms with Gasteiger partial charge in [0.05, 0.1) is 12.2 Å². The molecule has 1 heterocycles. The van der Waals surface area contributed by atoms with E-state index in [1.165, 1.54) is 13.0 Å². The van der Waals surface area contributed by atoms with Gasteiger partial charge in [0.25, 0.3) is 0 Å². The molecule has 0 spiro atoms. The minimum Gasteiger partial charge on any atom is -0.489 e. The van der Waals surface area contributed by atoms with Crippen molar-refractivity contribution in [2.75, 3.05) is 6.61 Å². The molecule has 0 saturated heterocycles. The first-order chi connectivity index (χ1) is 6.61. The molecular weight excluding hydrogens is 190 g/mol. The number of carbonyl (C=O) groups excluding carboxylic acids is 1. The van der Waals surface area contributed by atoms with Gasteiger partial charge in [-0.25, -0.2) is 4.39 Å². The van der Waals surface area contributed by atoms with E-state index in [0.717, 1.165) is 0 Å². The van der Waals surface area contributed by atoms with Crippen LogP contribution in [-0.2, 0) is 0 Å². The highest BCUT2D eigenvalue weighted by molar-refractivity contribution is 5.99. The lowest BCUT2D eigenvalue weighted by molar-refractivity contribution is 0.0928. The molecule has 4 heteroatoms. The number of ether oxygens (including phenoxy) is 1. The molecule has 1 aromatic carbocycles. The van der Waals surface area contributed by atoms with Gasteiger partial charge < -0.3 is 4.74 Å². The molecule has 0 unspecified atom stereocenters. The van der Waals surface area contributed by atoms with Crippen LogP contribution in [0.25, 0.3) is 0 Å². The molecule has 0 atom stereocenters. The summed E-state index contributed by atoms with van der Waals surface area (Å²) in [5.74, 6) is -2.45. The molecule has 1 aliphatic heterocycles. The zero-order valence-electron chi connectivity index (χ0n) is 7.56. The topological polar surface area (TPSA) is 26.3 Å². The molecule has 1 aliphatic rings. The fourth-order valence-electron chi connectivity index (χ4n) is 1.47. The summed E-state index contributed by atoms with van der Waals surface area (Å²) in [6.07, 6.45) is 0.220. The molecule has 0 amide bonds. The lowest BCUT2D eigenvalue weighted by atomic mass is 10.0. The Hall–Kier alpha value is -1.45. The number of ketones is 1. The van der Waals surface area contributed by atoms with E-state index < -0.39 is 11.6 Å². The van der Waals surface area contributed by atoms with E-state index in [1.807, 2.05) is 0 Å². The van der Waals surface area contributed by atoms with E-state index in [-0.39, 0.29) is 35.7 Å². The number of aryl methyl sites for hydroxylation is 1. The average molecular weight is 198 g/mol. The molecule has 0 radical (unpaired) electrons. The van der Waals surface area contributed by atoms with Crippen LogP contribution in [0.5, 0.6) is 5.75 Å². The van der Waals surface area contributed by atoms with E-state index >= 15 is 0 Å². The molecule has 0 saturated carbocycles. The summed E-state index contributed by atoms with van der Waals surface area (Å²) >= 11 is 0. The predicted octanol–water partition coefficient (Wildman–Crippen LogP) is 2.24. The van der Waals surface area contributed by atoms with E-state index in [0.29, 0.717) is 0 Å². The van der Waals surface area contributed by atoms with Crippen molar-refractivity contribution in [2.45, 2.75) is 13.3 Å². The van der Waals surface area contributed by atoms with Gasteiger partial charge in [-0.3, -0.25) is 4.79 Å². The number of fused-ring (bicyclic) bond motifs is 1. The van der Waals surface area contributed by atoms with Crippen LogP contribution in [0.15, 0.2) is 6.07 Å². The molecular formula is C10H8F2O2. The number of carbonyl (C=O) groups is 1. The Bertz CT molecular complexity index is 413. The monoisotopic (exact) mass is 198 g/mol. The SMILES string of the molecule is Cc1cc2c(c(F)c1F)OCCC2=O. The average Bonchev–Trinajstić information content (AvgIpc) is 2.17. The summed E-state index contributed by atoms with van der Waals surface area (Å²) in [4.78, 5) is 11.3. The minimum atomic E-state index is -1.06. The van der Waals surface area contributed by atoms with Gasteiger partial charge in [-0.15, -0.1) is 0 Å². The molecule has 2 rings (SSSR count). The van der Waals surface area contributed by atoms with Crippen molar-refractivity contribution in [3.05, 3.63) is 28.8 Å². The lowest BCUT2D eigenvalue weighted by Gasteiger charge is -2.17. The highest BCUT2D eigenvalue weighted by Gasteiger charge is 2.25. The van der Waals surface area contributed by atoms with Crippen molar-refractivity contribution >= 4 is 5.78 Å². The number of rotatable bonds is 0. The van der Waals surface area contributed by atoms with Crippen LogP contribution < -0.4 is 4.74 Å². The maximum atomic E-state index is 13.3. The molecule has 14 heavy (non-hydrogen) atoms. The zero-order chi connectivity index (χ0) is 10.3. The maximum absolute atomic E-state index is 13.3. The molecule has 74 valence electrons. The highest BCUT2D eigenvalue weighted by Crippen LogP contribution is 2.31. The second-order valence-corrected chi connectivity index (χ2v) is 3.22. The quantitative estimate of drug-likeness (QED) is 0.639. The zero-order valence-corrected chi connectivity index (χ0v) is 7.56. The van der Waals surface area contributed by atoms with Crippen LogP contribution in [0.1, 0.15) is 22.3 Å². The summed E-state index contributed by atoms with van der Waals surface area (Å²) in [6.45, 7) is 1.53. The van der Waals surface area contributed by atoms with Crippen LogP contribution in [0.4, 0.5) is 8.78 Å². The van der Waals surface area contributed by atoms with Crippen molar-refractivity contribution in [2.24, 2.45) is 0 Å². The first kappa shape index (κ1) is 9.12. The number of hydrogen-bond acceptors (Lipinski definition) is 2. The van der Waals surface area contributed by atoms with Crippen molar-refractivity contribution in [3.8, 4) is 5.75 Å². The van der Waals surface area contributed by atoms with E-state index in [2.05, 4.69) is 0 Å². The third-order valence-corrected chi connectivity index (χ3v) is 2.22. The lowest BCUT2D eigenvalue weighted by Crippen LogP contribution is -2.17. The van der Waals surface area contributed by atoms with Crippen molar-refractivity contribution in [1.82, 2.24) is 0 Å². The van der Waals surface area contributed by atoms with Crippen LogP contribution in [0.3, 0.4) is 0 Å². The Morgan fingerprint density at radius 2 is 2.07 bits per heavy atom. The third-order valence-electron chi connectivity index (χ3n) is 2.22. The molecule has 0 N–H and O–H groups in total. The van der Waals surface area contributed by atoms with Gasteiger partial charge in [0, 0.05) is 6.42 Å². The van der Waals surface area contributed by atoms with Gasteiger partial charge >= 0.3 is 0 Å². The molecule has 0 fully saturated rings. The Labute approximate surface area is 79.5 Å². The number of benzene rings is 1. The summed E-state index contributed by atoms with van der Waals surface area (Å²) in [7, 11) is 0. The van der Waals surface area contributed by atoms with E-state index in [1.54, 1.807) is 0 Å². The fraction of sp³-hybridized carbons (Fsp3) is 0.300. The molecule has 0 aromatic heterocycles. The van der Waals surface area contributed by atoms with Gasteiger partial charge in [0.15, 0.2) is 17.3 Å². The maximum Gasteiger partial charge on any atom is 0.201 e. The Kier molecular flexibility index (Phi) is 1.98.